The van der Waals surface area contributed by atoms with Crippen molar-refractivity contribution >= 4 is 5.91 Å². The fraction of sp³-hybridized carbons (Fsp3) is 0.278. The summed E-state index contributed by atoms with van der Waals surface area (Å²) in [5.74, 6) is 0.899. The molecule has 2 aromatic carbocycles. The highest BCUT2D eigenvalue weighted by Crippen LogP contribution is 2.32. The van der Waals surface area contributed by atoms with Crippen molar-refractivity contribution in [3.63, 3.8) is 0 Å². The number of carbonyl (C=O) groups excluding carboxylic acids is 1. The molecule has 0 aliphatic carbocycles. The molecular weight excluding hydrogens is 319 g/mol. The summed E-state index contributed by atoms with van der Waals surface area (Å²) >= 11 is 0. The van der Waals surface area contributed by atoms with Crippen LogP contribution in [0.15, 0.2) is 42.5 Å². The Kier molecular flexibility index (Phi) is 4.22. The molecule has 0 atom stereocenters. The fourth-order valence-corrected chi connectivity index (χ4v) is 2.71. The van der Waals surface area contributed by atoms with Crippen molar-refractivity contribution in [1.29, 1.82) is 0 Å². The Bertz CT molecular complexity index is 754. The summed E-state index contributed by atoms with van der Waals surface area (Å²) in [6.07, 6.45) is -3.57. The van der Waals surface area contributed by atoms with Gasteiger partial charge in [0.2, 0.25) is 5.91 Å². The number of alkyl halides is 3. The van der Waals surface area contributed by atoms with E-state index in [9.17, 15) is 18.0 Å². The smallest absolute Gasteiger partial charge is 0.416 e. The molecule has 0 radical (unpaired) electrons. The third-order valence-electron chi connectivity index (χ3n) is 4.05. The lowest BCUT2D eigenvalue weighted by Gasteiger charge is -2.28. The van der Waals surface area contributed by atoms with Crippen molar-refractivity contribution in [3.8, 4) is 11.5 Å². The molecule has 3 nitrogen and oxygen atoms in total. The minimum atomic E-state index is -4.36. The van der Waals surface area contributed by atoms with Gasteiger partial charge in [-0.25, -0.2) is 0 Å². The molecule has 0 aromatic heterocycles. The molecule has 126 valence electrons. The zero-order valence-corrected chi connectivity index (χ0v) is 13.1. The van der Waals surface area contributed by atoms with Crippen LogP contribution in [0.25, 0.3) is 0 Å². The summed E-state index contributed by atoms with van der Waals surface area (Å²) in [7, 11) is 0. The first-order chi connectivity index (χ1) is 11.3. The van der Waals surface area contributed by atoms with Crippen molar-refractivity contribution < 1.29 is 22.7 Å². The minimum absolute atomic E-state index is 0.0229. The molecule has 1 heterocycles. The molecule has 3 rings (SSSR count). The summed E-state index contributed by atoms with van der Waals surface area (Å²) in [6, 6.07) is 10.1. The second kappa shape index (κ2) is 6.19. The van der Waals surface area contributed by atoms with E-state index in [4.69, 9.17) is 4.74 Å². The van der Waals surface area contributed by atoms with E-state index in [2.05, 4.69) is 0 Å². The summed E-state index contributed by atoms with van der Waals surface area (Å²) in [5, 5.41) is 0. The van der Waals surface area contributed by atoms with Gasteiger partial charge in [-0.2, -0.15) is 13.2 Å². The molecule has 0 saturated carbocycles. The van der Waals surface area contributed by atoms with Gasteiger partial charge in [-0.15, -0.1) is 0 Å². The van der Waals surface area contributed by atoms with Gasteiger partial charge in [0.05, 0.1) is 5.56 Å². The van der Waals surface area contributed by atoms with E-state index < -0.39 is 11.7 Å². The van der Waals surface area contributed by atoms with E-state index >= 15 is 0 Å². The van der Waals surface area contributed by atoms with E-state index in [1.54, 1.807) is 11.0 Å². The third-order valence-corrected chi connectivity index (χ3v) is 4.05. The molecular formula is C18H16F3NO2. The summed E-state index contributed by atoms with van der Waals surface area (Å²) in [5.41, 5.74) is 1.45. The monoisotopic (exact) mass is 335 g/mol. The highest BCUT2D eigenvalue weighted by molar-refractivity contribution is 5.73. The van der Waals surface area contributed by atoms with Crippen LogP contribution in [0.4, 0.5) is 13.2 Å². The summed E-state index contributed by atoms with van der Waals surface area (Å²) < 4.78 is 43.3. The van der Waals surface area contributed by atoms with Gasteiger partial charge in [-0.05, 0) is 53.9 Å². The molecule has 0 saturated heterocycles. The van der Waals surface area contributed by atoms with E-state index in [1.807, 2.05) is 12.1 Å². The predicted molar refractivity (Wildman–Crippen MR) is 82.8 cm³/mol. The van der Waals surface area contributed by atoms with Gasteiger partial charge in [-0.1, -0.05) is 6.07 Å². The van der Waals surface area contributed by atoms with Gasteiger partial charge in [-0.3, -0.25) is 4.79 Å². The lowest BCUT2D eigenvalue weighted by Crippen LogP contribution is -2.34. The highest BCUT2D eigenvalue weighted by atomic mass is 19.4. The van der Waals surface area contributed by atoms with Crippen LogP contribution in [0.3, 0.4) is 0 Å². The fourth-order valence-electron chi connectivity index (χ4n) is 2.71. The molecule has 0 spiro atoms. The SMILES string of the molecule is CC(=O)N1CCc2ccc(Oc3ccc(C(F)(F)F)cc3)cc2C1. The van der Waals surface area contributed by atoms with Crippen LogP contribution < -0.4 is 4.74 Å². The lowest BCUT2D eigenvalue weighted by molar-refractivity contribution is -0.137. The minimum Gasteiger partial charge on any atom is -0.457 e. The molecule has 1 aliphatic rings. The van der Waals surface area contributed by atoms with Gasteiger partial charge in [0.25, 0.3) is 0 Å². The molecule has 0 fully saturated rings. The average molecular weight is 335 g/mol. The van der Waals surface area contributed by atoms with Crippen LogP contribution in [-0.4, -0.2) is 17.4 Å². The third kappa shape index (κ3) is 3.53. The predicted octanol–water partition coefficient (Wildman–Crippen LogP) is 4.40. The topological polar surface area (TPSA) is 29.5 Å². The first kappa shape index (κ1) is 16.4. The average Bonchev–Trinajstić information content (AvgIpc) is 2.54. The van der Waals surface area contributed by atoms with Crippen LogP contribution in [-0.2, 0) is 23.9 Å². The van der Waals surface area contributed by atoms with E-state index in [0.717, 1.165) is 29.7 Å². The first-order valence-corrected chi connectivity index (χ1v) is 7.55. The molecule has 2 aromatic rings. The van der Waals surface area contributed by atoms with Crippen LogP contribution in [0, 0.1) is 0 Å². The Hall–Kier alpha value is -2.50. The van der Waals surface area contributed by atoms with Crippen LogP contribution in [0.5, 0.6) is 11.5 Å². The standard InChI is InChI=1S/C18H16F3NO2/c1-12(23)22-9-8-13-2-5-17(10-14(13)11-22)24-16-6-3-15(4-7-16)18(19,20)21/h2-7,10H,8-9,11H2,1H3. The number of hydrogen-bond acceptors (Lipinski definition) is 2. The van der Waals surface area contributed by atoms with Gasteiger partial charge < -0.3 is 9.64 Å². The molecule has 1 aliphatic heterocycles. The molecule has 0 unspecified atom stereocenters. The second-order valence-corrected chi connectivity index (χ2v) is 5.75. The Labute approximate surface area is 137 Å². The number of fused-ring (bicyclic) bond motifs is 1. The van der Waals surface area contributed by atoms with Gasteiger partial charge >= 0.3 is 6.18 Å². The number of carbonyl (C=O) groups is 1. The van der Waals surface area contributed by atoms with Crippen molar-refractivity contribution in [3.05, 3.63) is 59.2 Å². The normalized spacial score (nSPS) is 14.2. The zero-order chi connectivity index (χ0) is 17.3. The molecule has 0 bridgehead atoms. The lowest BCUT2D eigenvalue weighted by atomic mass is 9.99. The van der Waals surface area contributed by atoms with E-state index in [0.29, 0.717) is 24.6 Å². The van der Waals surface area contributed by atoms with Crippen molar-refractivity contribution in [2.75, 3.05) is 6.54 Å². The van der Waals surface area contributed by atoms with E-state index in [-0.39, 0.29) is 5.91 Å². The number of rotatable bonds is 2. The molecule has 1 amide bonds. The first-order valence-electron chi connectivity index (χ1n) is 7.55. The molecule has 6 heteroatoms. The van der Waals surface area contributed by atoms with Crippen molar-refractivity contribution in [2.24, 2.45) is 0 Å². The second-order valence-electron chi connectivity index (χ2n) is 5.75. The number of halogens is 3. The number of ether oxygens (including phenoxy) is 1. The summed E-state index contributed by atoms with van der Waals surface area (Å²) in [6.45, 7) is 2.75. The summed E-state index contributed by atoms with van der Waals surface area (Å²) in [4.78, 5) is 13.3. The van der Waals surface area contributed by atoms with Crippen molar-refractivity contribution in [2.45, 2.75) is 26.1 Å². The van der Waals surface area contributed by atoms with Crippen molar-refractivity contribution in [1.82, 2.24) is 4.90 Å². The zero-order valence-electron chi connectivity index (χ0n) is 13.1. The Morgan fingerprint density at radius 3 is 2.33 bits per heavy atom. The largest absolute Gasteiger partial charge is 0.457 e. The van der Waals surface area contributed by atoms with Gasteiger partial charge in [0.1, 0.15) is 11.5 Å². The number of benzene rings is 2. The Balaban J connectivity index is 1.77. The number of nitrogens with zero attached hydrogens (tertiary/aromatic N) is 1. The van der Waals surface area contributed by atoms with Crippen LogP contribution >= 0.6 is 0 Å². The quantitative estimate of drug-likeness (QED) is 0.814. The maximum atomic E-state index is 12.6. The maximum absolute atomic E-state index is 12.6. The highest BCUT2D eigenvalue weighted by Gasteiger charge is 2.30. The van der Waals surface area contributed by atoms with Crippen LogP contribution in [0.2, 0.25) is 0 Å². The Morgan fingerprint density at radius 1 is 1.04 bits per heavy atom. The van der Waals surface area contributed by atoms with E-state index in [1.165, 1.54) is 19.1 Å². The van der Waals surface area contributed by atoms with Gasteiger partial charge in [0, 0.05) is 20.0 Å². The Morgan fingerprint density at radius 2 is 1.71 bits per heavy atom. The number of amides is 1. The van der Waals surface area contributed by atoms with Crippen LogP contribution in [0.1, 0.15) is 23.6 Å². The number of hydrogen-bond donors (Lipinski definition) is 0. The van der Waals surface area contributed by atoms with Gasteiger partial charge in [0.15, 0.2) is 0 Å². The maximum Gasteiger partial charge on any atom is 0.416 e. The molecule has 0 N–H and O–H groups in total. The molecule has 24 heavy (non-hydrogen) atoms.